The van der Waals surface area contributed by atoms with Gasteiger partial charge in [-0.2, -0.15) is 0 Å². The monoisotopic (exact) mass is 447 g/mol. The molecular weight excluding hydrogens is 426 g/mol. The molecule has 0 saturated heterocycles. The van der Waals surface area contributed by atoms with Gasteiger partial charge >= 0.3 is 0 Å². The molecule has 0 atom stereocenters. The number of hydrogen-bond acceptors (Lipinski definition) is 3. The van der Waals surface area contributed by atoms with Crippen molar-refractivity contribution in [1.82, 2.24) is 15.0 Å². The molecule has 0 spiro atoms. The maximum atomic E-state index is 6.57. The molecule has 0 aliphatic rings. The van der Waals surface area contributed by atoms with Gasteiger partial charge in [-0.25, -0.2) is 15.0 Å². The predicted octanol–water partition coefficient (Wildman–Crippen LogP) is 7.81. The van der Waals surface area contributed by atoms with Gasteiger partial charge < -0.3 is 0 Å². The van der Waals surface area contributed by atoms with Crippen LogP contribution in [-0.2, 0) is 0 Å². The summed E-state index contributed by atoms with van der Waals surface area (Å²) < 4.78 is 0. The normalized spacial score (nSPS) is 10.9. The molecule has 0 aliphatic carbocycles. The van der Waals surface area contributed by atoms with E-state index in [2.05, 4.69) is 38.1 Å². The molecule has 0 unspecified atom stereocenters. The van der Waals surface area contributed by atoms with Gasteiger partial charge in [0.05, 0.1) is 0 Å². The Kier molecular flexibility index (Phi) is 5.72. The van der Waals surface area contributed by atoms with E-state index in [0.717, 1.165) is 27.8 Å². The Balaban J connectivity index is 1.69. The van der Waals surface area contributed by atoms with Crippen molar-refractivity contribution in [2.24, 2.45) is 0 Å². The lowest BCUT2D eigenvalue weighted by molar-refractivity contribution is 1.07. The van der Waals surface area contributed by atoms with E-state index in [1.165, 1.54) is 11.1 Å². The molecule has 0 bridgehead atoms. The Labute approximate surface area is 198 Å². The highest BCUT2D eigenvalue weighted by Gasteiger charge is 2.14. The first-order valence-corrected chi connectivity index (χ1v) is 11.2. The molecule has 4 heteroatoms. The standard InChI is InChI=1S/C29H22ClN3/c1-19-13-20(2)15-23(14-19)24-16-25(18-26(30)17-24)29-32-27(21-9-5-3-6-10-21)31-28(33-29)22-11-7-4-8-12-22/h3-18H,1-2H3. The molecule has 1 aromatic heterocycles. The minimum Gasteiger partial charge on any atom is -0.208 e. The summed E-state index contributed by atoms with van der Waals surface area (Å²) in [5, 5.41) is 0.643. The van der Waals surface area contributed by atoms with Crippen LogP contribution in [0.15, 0.2) is 97.1 Å². The Morgan fingerprint density at radius 1 is 0.455 bits per heavy atom. The number of nitrogens with zero attached hydrogens (tertiary/aromatic N) is 3. The number of aromatic nitrogens is 3. The van der Waals surface area contributed by atoms with Gasteiger partial charge in [-0.05, 0) is 43.2 Å². The van der Waals surface area contributed by atoms with Crippen molar-refractivity contribution < 1.29 is 0 Å². The third-order valence-corrected chi connectivity index (χ3v) is 5.63. The minimum atomic E-state index is 0.593. The molecule has 0 N–H and O–H groups in total. The van der Waals surface area contributed by atoms with E-state index >= 15 is 0 Å². The van der Waals surface area contributed by atoms with Crippen molar-refractivity contribution in [2.45, 2.75) is 13.8 Å². The van der Waals surface area contributed by atoms with Crippen LogP contribution in [0.1, 0.15) is 11.1 Å². The average molecular weight is 448 g/mol. The van der Waals surface area contributed by atoms with E-state index in [1.54, 1.807) is 0 Å². The lowest BCUT2D eigenvalue weighted by Crippen LogP contribution is -2.00. The summed E-state index contributed by atoms with van der Waals surface area (Å²) in [5.74, 6) is 1.86. The second-order valence-corrected chi connectivity index (χ2v) is 8.58. The van der Waals surface area contributed by atoms with E-state index in [0.29, 0.717) is 22.5 Å². The van der Waals surface area contributed by atoms with Crippen molar-refractivity contribution in [3.05, 3.63) is 113 Å². The van der Waals surface area contributed by atoms with Gasteiger partial charge in [0, 0.05) is 21.7 Å². The molecule has 0 aliphatic heterocycles. The largest absolute Gasteiger partial charge is 0.208 e. The van der Waals surface area contributed by atoms with Crippen LogP contribution in [0.4, 0.5) is 0 Å². The molecule has 0 fully saturated rings. The summed E-state index contributed by atoms with van der Waals surface area (Å²) in [6.45, 7) is 4.21. The van der Waals surface area contributed by atoms with Gasteiger partial charge in [0.1, 0.15) is 0 Å². The molecule has 160 valence electrons. The van der Waals surface area contributed by atoms with Crippen molar-refractivity contribution in [3.63, 3.8) is 0 Å². The smallest absolute Gasteiger partial charge is 0.164 e. The molecule has 5 rings (SSSR count). The average Bonchev–Trinajstić information content (AvgIpc) is 2.84. The zero-order valence-corrected chi connectivity index (χ0v) is 19.2. The number of benzene rings is 4. The Hall–Kier alpha value is -3.82. The maximum Gasteiger partial charge on any atom is 0.164 e. The molecule has 0 radical (unpaired) electrons. The first kappa shape index (κ1) is 21.0. The second-order valence-electron chi connectivity index (χ2n) is 8.14. The summed E-state index contributed by atoms with van der Waals surface area (Å²) in [4.78, 5) is 14.4. The number of halogens is 1. The van der Waals surface area contributed by atoms with Crippen LogP contribution in [0.5, 0.6) is 0 Å². The molecular formula is C29H22ClN3. The molecule has 4 aromatic carbocycles. The van der Waals surface area contributed by atoms with Crippen LogP contribution >= 0.6 is 11.6 Å². The van der Waals surface area contributed by atoms with E-state index in [9.17, 15) is 0 Å². The SMILES string of the molecule is Cc1cc(C)cc(-c2cc(Cl)cc(-c3nc(-c4ccccc4)nc(-c4ccccc4)n3)c2)c1. The Morgan fingerprint density at radius 3 is 1.39 bits per heavy atom. The number of aryl methyl sites for hydroxylation is 2. The molecule has 1 heterocycles. The summed E-state index contributed by atoms with van der Waals surface area (Å²) >= 11 is 6.57. The highest BCUT2D eigenvalue weighted by molar-refractivity contribution is 6.31. The Morgan fingerprint density at radius 2 is 0.879 bits per heavy atom. The zero-order valence-electron chi connectivity index (χ0n) is 18.5. The fourth-order valence-corrected chi connectivity index (χ4v) is 4.20. The van der Waals surface area contributed by atoms with Gasteiger partial charge in [0.2, 0.25) is 0 Å². The van der Waals surface area contributed by atoms with Crippen LogP contribution < -0.4 is 0 Å². The van der Waals surface area contributed by atoms with Crippen LogP contribution in [0.25, 0.3) is 45.3 Å². The third-order valence-electron chi connectivity index (χ3n) is 5.41. The number of hydrogen-bond donors (Lipinski definition) is 0. The Bertz CT molecular complexity index is 1350. The van der Waals surface area contributed by atoms with Gasteiger partial charge in [-0.3, -0.25) is 0 Å². The fraction of sp³-hybridized carbons (Fsp3) is 0.0690. The minimum absolute atomic E-state index is 0.593. The molecule has 5 aromatic rings. The van der Waals surface area contributed by atoms with E-state index < -0.39 is 0 Å². The quantitative estimate of drug-likeness (QED) is 0.282. The van der Waals surface area contributed by atoms with E-state index in [4.69, 9.17) is 26.6 Å². The summed E-state index contributed by atoms with van der Waals surface area (Å²) in [7, 11) is 0. The summed E-state index contributed by atoms with van der Waals surface area (Å²) in [5.41, 5.74) is 7.32. The van der Waals surface area contributed by atoms with Gasteiger partial charge in [0.15, 0.2) is 17.5 Å². The molecule has 3 nitrogen and oxygen atoms in total. The highest BCUT2D eigenvalue weighted by atomic mass is 35.5. The molecule has 33 heavy (non-hydrogen) atoms. The van der Waals surface area contributed by atoms with E-state index in [1.807, 2.05) is 72.8 Å². The first-order valence-electron chi connectivity index (χ1n) is 10.8. The van der Waals surface area contributed by atoms with Gasteiger partial charge in [-0.15, -0.1) is 0 Å². The van der Waals surface area contributed by atoms with Crippen molar-refractivity contribution >= 4 is 11.6 Å². The lowest BCUT2D eigenvalue weighted by atomic mass is 9.99. The van der Waals surface area contributed by atoms with Crippen molar-refractivity contribution in [3.8, 4) is 45.3 Å². The molecule has 0 saturated carbocycles. The fourth-order valence-electron chi connectivity index (χ4n) is 3.96. The van der Waals surface area contributed by atoms with Gasteiger partial charge in [0.25, 0.3) is 0 Å². The topological polar surface area (TPSA) is 38.7 Å². The predicted molar refractivity (Wildman–Crippen MR) is 136 cm³/mol. The molecule has 0 amide bonds. The summed E-state index contributed by atoms with van der Waals surface area (Å²) in [6.07, 6.45) is 0. The zero-order chi connectivity index (χ0) is 22.8. The van der Waals surface area contributed by atoms with Crippen LogP contribution in [-0.4, -0.2) is 15.0 Å². The number of rotatable bonds is 4. The summed E-state index contributed by atoms with van der Waals surface area (Å²) in [6, 6.07) is 32.4. The van der Waals surface area contributed by atoms with Crippen molar-refractivity contribution in [1.29, 1.82) is 0 Å². The second kappa shape index (κ2) is 8.97. The van der Waals surface area contributed by atoms with Crippen molar-refractivity contribution in [2.75, 3.05) is 0 Å². The maximum absolute atomic E-state index is 6.57. The first-order chi connectivity index (χ1) is 16.0. The van der Waals surface area contributed by atoms with Crippen LogP contribution in [0, 0.1) is 13.8 Å². The van der Waals surface area contributed by atoms with Crippen LogP contribution in [0.2, 0.25) is 5.02 Å². The van der Waals surface area contributed by atoms with Gasteiger partial charge in [-0.1, -0.05) is 102 Å². The third kappa shape index (κ3) is 4.69. The van der Waals surface area contributed by atoms with E-state index in [-0.39, 0.29) is 0 Å². The highest BCUT2D eigenvalue weighted by Crippen LogP contribution is 2.31. The van der Waals surface area contributed by atoms with Crippen LogP contribution in [0.3, 0.4) is 0 Å². The lowest BCUT2D eigenvalue weighted by Gasteiger charge is -2.11.